The van der Waals surface area contributed by atoms with Gasteiger partial charge in [-0.15, -0.1) is 0 Å². The molecule has 0 spiro atoms. The number of benzene rings is 3. The number of halogens is 2. The van der Waals surface area contributed by atoms with Gasteiger partial charge in [-0.3, -0.25) is 24.6 Å². The fourth-order valence-electron chi connectivity index (χ4n) is 3.65. The van der Waals surface area contributed by atoms with E-state index in [0.29, 0.717) is 4.90 Å². The fourth-order valence-corrected chi connectivity index (χ4v) is 3.65. The van der Waals surface area contributed by atoms with Crippen molar-refractivity contribution in [1.82, 2.24) is 0 Å². The summed E-state index contributed by atoms with van der Waals surface area (Å²) in [7, 11) is 0. The molecule has 1 aliphatic rings. The molecule has 1 amide bonds. The molecule has 166 valence electrons. The molecule has 1 unspecified atom stereocenters. The highest BCUT2D eigenvalue weighted by atomic mass is 19.1. The van der Waals surface area contributed by atoms with Gasteiger partial charge in [0.05, 0.1) is 22.2 Å². The molecule has 8 nitrogen and oxygen atoms in total. The monoisotopic (exact) mass is 452 g/mol. The van der Waals surface area contributed by atoms with Crippen LogP contribution in [0.15, 0.2) is 72.3 Å². The number of aliphatic hydroxyl groups is 1. The standard InChI is InChI=1S/C23H14F2N2O6/c24-14-6-9-17(25)18(11-14)26-20(12-4-7-16(28)8-5-12)19(22(30)23(26)31)21(29)13-2-1-3-15(10-13)27(32)33/h1-11,20,28-29H/b21-19-. The van der Waals surface area contributed by atoms with Gasteiger partial charge in [0.2, 0.25) is 0 Å². The van der Waals surface area contributed by atoms with Crippen LogP contribution < -0.4 is 4.90 Å². The maximum Gasteiger partial charge on any atom is 0.300 e. The van der Waals surface area contributed by atoms with Crippen molar-refractivity contribution in [2.45, 2.75) is 6.04 Å². The number of nitro benzene ring substituents is 1. The number of carbonyl (C=O) groups is 2. The van der Waals surface area contributed by atoms with Crippen molar-refractivity contribution in [2.75, 3.05) is 4.90 Å². The lowest BCUT2D eigenvalue weighted by molar-refractivity contribution is -0.384. The lowest BCUT2D eigenvalue weighted by atomic mass is 9.95. The first kappa shape index (κ1) is 21.6. The average Bonchev–Trinajstić information content (AvgIpc) is 3.06. The zero-order valence-electron chi connectivity index (χ0n) is 16.6. The summed E-state index contributed by atoms with van der Waals surface area (Å²) >= 11 is 0. The molecule has 0 bridgehead atoms. The molecule has 0 aliphatic carbocycles. The van der Waals surface area contributed by atoms with Gasteiger partial charge >= 0.3 is 0 Å². The normalized spacial score (nSPS) is 17.4. The number of carbonyl (C=O) groups excluding carboxylic acids is 2. The predicted molar refractivity (Wildman–Crippen MR) is 112 cm³/mol. The Kier molecular flexibility index (Phi) is 5.34. The third-order valence-corrected chi connectivity index (χ3v) is 5.15. The van der Waals surface area contributed by atoms with Crippen molar-refractivity contribution in [1.29, 1.82) is 0 Å². The topological polar surface area (TPSA) is 121 Å². The Labute approximate surface area is 184 Å². The number of rotatable bonds is 4. The smallest absolute Gasteiger partial charge is 0.300 e. The van der Waals surface area contributed by atoms with Crippen molar-refractivity contribution < 1.29 is 33.5 Å². The van der Waals surface area contributed by atoms with E-state index < -0.39 is 51.3 Å². The number of phenols is 1. The summed E-state index contributed by atoms with van der Waals surface area (Å²) < 4.78 is 28.5. The van der Waals surface area contributed by atoms with E-state index in [2.05, 4.69) is 0 Å². The molecule has 3 aromatic rings. The van der Waals surface area contributed by atoms with E-state index in [9.17, 15) is 38.7 Å². The van der Waals surface area contributed by atoms with Gasteiger partial charge in [0.25, 0.3) is 17.4 Å². The molecule has 1 saturated heterocycles. The van der Waals surface area contributed by atoms with E-state index in [-0.39, 0.29) is 22.6 Å². The average molecular weight is 452 g/mol. The molecule has 2 N–H and O–H groups in total. The molecule has 10 heteroatoms. The number of ketones is 1. The number of hydrogen-bond acceptors (Lipinski definition) is 6. The zero-order chi connectivity index (χ0) is 23.9. The number of amides is 1. The minimum Gasteiger partial charge on any atom is -0.508 e. The second-order valence-corrected chi connectivity index (χ2v) is 7.16. The highest BCUT2D eigenvalue weighted by Crippen LogP contribution is 2.43. The minimum absolute atomic E-state index is 0.120. The van der Waals surface area contributed by atoms with Crippen LogP contribution in [-0.4, -0.2) is 26.8 Å². The van der Waals surface area contributed by atoms with E-state index in [1.807, 2.05) is 0 Å². The minimum atomic E-state index is -1.40. The third kappa shape index (κ3) is 3.78. The van der Waals surface area contributed by atoms with Crippen molar-refractivity contribution in [3.8, 4) is 5.75 Å². The zero-order valence-corrected chi connectivity index (χ0v) is 16.6. The highest BCUT2D eigenvalue weighted by molar-refractivity contribution is 6.51. The first-order chi connectivity index (χ1) is 15.7. The van der Waals surface area contributed by atoms with Crippen LogP contribution in [0, 0.1) is 21.7 Å². The van der Waals surface area contributed by atoms with Gasteiger partial charge < -0.3 is 10.2 Å². The number of nitro groups is 1. The largest absolute Gasteiger partial charge is 0.508 e. The Bertz CT molecular complexity index is 1340. The SMILES string of the molecule is O=C1C(=O)N(c2cc(F)ccc2F)C(c2ccc(O)cc2)/C1=C(/O)c1cccc([N+](=O)[O-])c1. The van der Waals surface area contributed by atoms with Crippen LogP contribution in [0.4, 0.5) is 20.2 Å². The second kappa shape index (κ2) is 8.15. The number of nitrogens with zero attached hydrogens (tertiary/aromatic N) is 2. The number of anilines is 1. The molecule has 33 heavy (non-hydrogen) atoms. The second-order valence-electron chi connectivity index (χ2n) is 7.16. The Morgan fingerprint density at radius 1 is 1.00 bits per heavy atom. The molecule has 3 aromatic carbocycles. The predicted octanol–water partition coefficient (Wildman–Crippen LogP) is 4.20. The number of phenolic OH excluding ortho intramolecular Hbond substituents is 1. The lowest BCUT2D eigenvalue weighted by Gasteiger charge is -2.25. The van der Waals surface area contributed by atoms with Crippen molar-refractivity contribution in [3.63, 3.8) is 0 Å². The van der Waals surface area contributed by atoms with E-state index in [1.54, 1.807) is 0 Å². The Hall–Kier alpha value is -4.60. The molecule has 1 fully saturated rings. The summed E-state index contributed by atoms with van der Waals surface area (Å²) in [5, 5.41) is 31.7. The molecule has 1 aliphatic heterocycles. The van der Waals surface area contributed by atoms with Gasteiger partial charge in [0.15, 0.2) is 0 Å². The van der Waals surface area contributed by atoms with Gasteiger partial charge in [-0.25, -0.2) is 8.78 Å². The van der Waals surface area contributed by atoms with Crippen molar-refractivity contribution in [3.05, 3.63) is 105 Å². The summed E-state index contributed by atoms with van der Waals surface area (Å²) in [5.41, 5.74) is -1.30. The lowest BCUT2D eigenvalue weighted by Crippen LogP contribution is -2.30. The molecule has 1 atom stereocenters. The molecular formula is C23H14F2N2O6. The number of non-ortho nitro benzene ring substituents is 1. The summed E-state index contributed by atoms with van der Waals surface area (Å²) in [6, 6.07) is 10.9. The first-order valence-electron chi connectivity index (χ1n) is 9.49. The molecule has 1 heterocycles. The Morgan fingerprint density at radius 3 is 2.36 bits per heavy atom. The van der Waals surface area contributed by atoms with Gasteiger partial charge in [-0.2, -0.15) is 0 Å². The fraction of sp³-hybridized carbons (Fsp3) is 0.0435. The molecule has 4 rings (SSSR count). The molecule has 0 saturated carbocycles. The number of aromatic hydroxyl groups is 1. The van der Waals surface area contributed by atoms with Crippen LogP contribution in [0.5, 0.6) is 5.75 Å². The summed E-state index contributed by atoms with van der Waals surface area (Å²) in [5.74, 6) is -5.14. The number of aliphatic hydroxyl groups excluding tert-OH is 1. The number of Topliss-reactive ketones (excluding diaryl/α,β-unsaturated/α-hetero) is 1. The summed E-state index contributed by atoms with van der Waals surface area (Å²) in [4.78, 5) is 37.0. The van der Waals surface area contributed by atoms with E-state index in [4.69, 9.17) is 0 Å². The molecule has 0 aromatic heterocycles. The van der Waals surface area contributed by atoms with Gasteiger partial charge in [0.1, 0.15) is 23.1 Å². The van der Waals surface area contributed by atoms with Crippen LogP contribution in [0.1, 0.15) is 17.2 Å². The summed E-state index contributed by atoms with van der Waals surface area (Å²) in [6.07, 6.45) is 0. The maximum atomic E-state index is 14.6. The van der Waals surface area contributed by atoms with Gasteiger partial charge in [-0.1, -0.05) is 24.3 Å². The first-order valence-corrected chi connectivity index (χ1v) is 9.49. The van der Waals surface area contributed by atoms with Crippen LogP contribution in [0.2, 0.25) is 0 Å². The van der Waals surface area contributed by atoms with E-state index >= 15 is 0 Å². The van der Waals surface area contributed by atoms with Gasteiger partial charge in [-0.05, 0) is 29.8 Å². The van der Waals surface area contributed by atoms with Crippen LogP contribution in [0.25, 0.3) is 5.76 Å². The third-order valence-electron chi connectivity index (χ3n) is 5.15. The van der Waals surface area contributed by atoms with Gasteiger partial charge in [0, 0.05) is 23.8 Å². The van der Waals surface area contributed by atoms with E-state index in [1.165, 1.54) is 42.5 Å². The Morgan fingerprint density at radius 2 is 1.70 bits per heavy atom. The van der Waals surface area contributed by atoms with Crippen LogP contribution in [-0.2, 0) is 9.59 Å². The summed E-state index contributed by atoms with van der Waals surface area (Å²) in [6.45, 7) is 0. The maximum absolute atomic E-state index is 14.6. The van der Waals surface area contributed by atoms with Crippen molar-refractivity contribution in [2.24, 2.45) is 0 Å². The highest BCUT2D eigenvalue weighted by Gasteiger charge is 2.47. The molecule has 0 radical (unpaired) electrons. The van der Waals surface area contributed by atoms with E-state index in [0.717, 1.165) is 24.3 Å². The van der Waals surface area contributed by atoms with Crippen molar-refractivity contribution >= 4 is 28.8 Å². The quantitative estimate of drug-likeness (QED) is 0.201. The Balaban J connectivity index is 1.98. The van der Waals surface area contributed by atoms with Crippen LogP contribution in [0.3, 0.4) is 0 Å². The van der Waals surface area contributed by atoms with Crippen LogP contribution >= 0.6 is 0 Å². The number of hydrogen-bond donors (Lipinski definition) is 2. The molecular weight excluding hydrogens is 438 g/mol.